The Balaban J connectivity index is 1.19. The number of ether oxygens (including phenoxy) is 2. The second-order valence-electron chi connectivity index (χ2n) is 5.54. The van der Waals surface area contributed by atoms with E-state index in [1.807, 2.05) is 6.07 Å². The molecular weight excluding hydrogens is 252 g/mol. The zero-order valence-corrected chi connectivity index (χ0v) is 11.3. The van der Waals surface area contributed by atoms with E-state index in [1.54, 1.807) is 0 Å². The van der Waals surface area contributed by atoms with Gasteiger partial charge in [-0.25, -0.2) is 0 Å². The van der Waals surface area contributed by atoms with Gasteiger partial charge >= 0.3 is 0 Å². The summed E-state index contributed by atoms with van der Waals surface area (Å²) in [4.78, 5) is 0. The topological polar surface area (TPSA) is 49.8 Å². The van der Waals surface area contributed by atoms with Gasteiger partial charge in [0.1, 0.15) is 24.4 Å². The van der Waals surface area contributed by atoms with Crippen LogP contribution in [-0.4, -0.2) is 37.5 Å². The van der Waals surface area contributed by atoms with Gasteiger partial charge in [-0.3, -0.25) is 0 Å². The molecule has 2 aliphatic heterocycles. The molecule has 2 heterocycles. The SMILES string of the molecule is C1=C(CCN=NCCc2ccccc2)C2OC2C2OC12. The molecule has 0 saturated carbocycles. The first-order valence-electron chi connectivity index (χ1n) is 7.30. The average molecular weight is 270 g/mol. The first-order chi connectivity index (χ1) is 9.92. The minimum Gasteiger partial charge on any atom is -0.362 e. The van der Waals surface area contributed by atoms with Crippen LogP contribution in [0.2, 0.25) is 0 Å². The van der Waals surface area contributed by atoms with E-state index in [0.29, 0.717) is 24.4 Å². The van der Waals surface area contributed by atoms with E-state index in [9.17, 15) is 0 Å². The van der Waals surface area contributed by atoms with Crippen LogP contribution in [0.4, 0.5) is 0 Å². The Labute approximate surface area is 118 Å². The Kier molecular flexibility index (Phi) is 3.13. The zero-order chi connectivity index (χ0) is 13.4. The van der Waals surface area contributed by atoms with Gasteiger partial charge in [-0.1, -0.05) is 36.4 Å². The van der Waals surface area contributed by atoms with Gasteiger partial charge in [0, 0.05) is 0 Å². The molecule has 104 valence electrons. The molecule has 0 radical (unpaired) electrons. The van der Waals surface area contributed by atoms with Gasteiger partial charge in [-0.2, -0.15) is 10.2 Å². The molecule has 4 nitrogen and oxygen atoms in total. The van der Waals surface area contributed by atoms with Crippen molar-refractivity contribution in [2.45, 2.75) is 37.3 Å². The number of epoxide rings is 2. The van der Waals surface area contributed by atoms with Crippen molar-refractivity contribution in [2.75, 3.05) is 13.1 Å². The van der Waals surface area contributed by atoms with Crippen molar-refractivity contribution in [3.63, 3.8) is 0 Å². The monoisotopic (exact) mass is 270 g/mol. The van der Waals surface area contributed by atoms with Gasteiger partial charge in [-0.15, -0.1) is 0 Å². The lowest BCUT2D eigenvalue weighted by Gasteiger charge is -2.03. The summed E-state index contributed by atoms with van der Waals surface area (Å²) in [6.07, 6.45) is 5.47. The van der Waals surface area contributed by atoms with Gasteiger partial charge in [0.2, 0.25) is 0 Å². The maximum atomic E-state index is 5.61. The summed E-state index contributed by atoms with van der Waals surface area (Å²) >= 11 is 0. The average Bonchev–Trinajstić information content (AvgIpc) is 3.35. The quantitative estimate of drug-likeness (QED) is 0.453. The molecule has 3 aliphatic rings. The molecule has 0 N–H and O–H groups in total. The number of nitrogens with zero attached hydrogens (tertiary/aromatic N) is 2. The van der Waals surface area contributed by atoms with Crippen LogP contribution >= 0.6 is 0 Å². The van der Waals surface area contributed by atoms with E-state index in [4.69, 9.17) is 9.47 Å². The summed E-state index contributed by atoms with van der Waals surface area (Å²) in [6, 6.07) is 10.4. The van der Waals surface area contributed by atoms with E-state index in [-0.39, 0.29) is 0 Å². The van der Waals surface area contributed by atoms with Crippen LogP contribution in [0.15, 0.2) is 52.2 Å². The Bertz CT molecular complexity index is 541. The molecule has 0 spiro atoms. The van der Waals surface area contributed by atoms with E-state index in [1.165, 1.54) is 11.1 Å². The first-order valence-corrected chi connectivity index (χ1v) is 7.30. The van der Waals surface area contributed by atoms with Crippen molar-refractivity contribution in [1.29, 1.82) is 0 Å². The largest absolute Gasteiger partial charge is 0.362 e. The van der Waals surface area contributed by atoms with Crippen molar-refractivity contribution in [1.82, 2.24) is 0 Å². The second-order valence-corrected chi connectivity index (χ2v) is 5.54. The molecule has 0 amide bonds. The van der Waals surface area contributed by atoms with Crippen LogP contribution in [-0.2, 0) is 15.9 Å². The summed E-state index contributed by atoms with van der Waals surface area (Å²) < 4.78 is 11.1. The Morgan fingerprint density at radius 3 is 2.55 bits per heavy atom. The van der Waals surface area contributed by atoms with Crippen LogP contribution in [0.5, 0.6) is 0 Å². The predicted octanol–water partition coefficient (Wildman–Crippen LogP) is 2.55. The van der Waals surface area contributed by atoms with Gasteiger partial charge in [0.25, 0.3) is 0 Å². The highest BCUT2D eigenvalue weighted by molar-refractivity contribution is 5.31. The number of hydrogen-bond donors (Lipinski definition) is 0. The fourth-order valence-electron chi connectivity index (χ4n) is 2.88. The van der Waals surface area contributed by atoms with Crippen molar-refractivity contribution < 1.29 is 9.47 Å². The first kappa shape index (κ1) is 12.2. The van der Waals surface area contributed by atoms with E-state index in [2.05, 4.69) is 40.6 Å². The molecule has 0 bridgehead atoms. The fourth-order valence-corrected chi connectivity index (χ4v) is 2.88. The lowest BCUT2D eigenvalue weighted by molar-refractivity contribution is 0.311. The number of fused-ring (bicyclic) bond motifs is 3. The van der Waals surface area contributed by atoms with Crippen molar-refractivity contribution in [3.05, 3.63) is 47.5 Å². The van der Waals surface area contributed by atoms with E-state index < -0.39 is 0 Å². The summed E-state index contributed by atoms with van der Waals surface area (Å²) in [7, 11) is 0. The maximum Gasteiger partial charge on any atom is 0.117 e. The normalized spacial score (nSPS) is 33.5. The Morgan fingerprint density at radius 2 is 1.70 bits per heavy atom. The van der Waals surface area contributed by atoms with Crippen LogP contribution in [0.1, 0.15) is 12.0 Å². The highest BCUT2D eigenvalue weighted by atomic mass is 16.7. The highest BCUT2D eigenvalue weighted by Gasteiger charge is 2.61. The Morgan fingerprint density at radius 1 is 0.900 bits per heavy atom. The number of azo groups is 1. The van der Waals surface area contributed by atoms with Crippen LogP contribution in [0.25, 0.3) is 0 Å². The zero-order valence-electron chi connectivity index (χ0n) is 11.3. The summed E-state index contributed by atoms with van der Waals surface area (Å²) in [5.74, 6) is 0. The predicted molar refractivity (Wildman–Crippen MR) is 74.8 cm³/mol. The summed E-state index contributed by atoms with van der Waals surface area (Å²) in [5, 5.41) is 8.50. The third-order valence-corrected chi connectivity index (χ3v) is 4.10. The molecule has 0 aromatic heterocycles. The van der Waals surface area contributed by atoms with Crippen LogP contribution < -0.4 is 0 Å². The molecule has 4 atom stereocenters. The summed E-state index contributed by atoms with van der Waals surface area (Å²) in [5.41, 5.74) is 2.67. The molecule has 4 heteroatoms. The van der Waals surface area contributed by atoms with Crippen LogP contribution in [0, 0.1) is 0 Å². The molecule has 2 fully saturated rings. The molecular formula is C16H18N2O2. The standard InChI is InChI=1S/C16H18N2O2/c1-2-4-11(5-3-1)6-8-17-18-9-7-12-10-13-15(19-13)16-14(12)20-16/h1-5,10,13-16H,6-9H2. The molecule has 4 unspecified atom stereocenters. The maximum absolute atomic E-state index is 5.61. The van der Waals surface area contributed by atoms with Gasteiger partial charge in [0.15, 0.2) is 0 Å². The minimum absolute atomic E-state index is 0.318. The lowest BCUT2D eigenvalue weighted by Crippen LogP contribution is -2.13. The van der Waals surface area contributed by atoms with Crippen LogP contribution in [0.3, 0.4) is 0 Å². The Hall–Kier alpha value is -1.52. The molecule has 4 rings (SSSR count). The van der Waals surface area contributed by atoms with Crippen molar-refractivity contribution in [2.24, 2.45) is 10.2 Å². The number of hydrogen-bond acceptors (Lipinski definition) is 4. The molecule has 2 saturated heterocycles. The fraction of sp³-hybridized carbons (Fsp3) is 0.500. The molecule has 1 aromatic carbocycles. The van der Waals surface area contributed by atoms with Crippen molar-refractivity contribution >= 4 is 0 Å². The third kappa shape index (κ3) is 2.53. The molecule has 1 aromatic rings. The summed E-state index contributed by atoms with van der Waals surface area (Å²) in [6.45, 7) is 1.52. The highest BCUT2D eigenvalue weighted by Crippen LogP contribution is 2.48. The van der Waals surface area contributed by atoms with Crippen molar-refractivity contribution in [3.8, 4) is 0 Å². The second kappa shape index (κ2) is 5.11. The van der Waals surface area contributed by atoms with Gasteiger partial charge < -0.3 is 9.47 Å². The van der Waals surface area contributed by atoms with Gasteiger partial charge in [-0.05, 0) is 24.0 Å². The minimum atomic E-state index is 0.318. The lowest BCUT2D eigenvalue weighted by atomic mass is 9.97. The number of benzene rings is 1. The molecule has 1 aliphatic carbocycles. The third-order valence-electron chi connectivity index (χ3n) is 4.10. The van der Waals surface area contributed by atoms with E-state index in [0.717, 1.165) is 25.9 Å². The smallest absolute Gasteiger partial charge is 0.117 e. The number of rotatable bonds is 6. The van der Waals surface area contributed by atoms with Gasteiger partial charge in [0.05, 0.1) is 13.1 Å². The molecule has 20 heavy (non-hydrogen) atoms. The van der Waals surface area contributed by atoms with E-state index >= 15 is 0 Å².